The van der Waals surface area contributed by atoms with Gasteiger partial charge in [0.05, 0.1) is 0 Å². The molecule has 0 unspecified atom stereocenters. The molecule has 0 fully saturated rings. The molecule has 0 aliphatic rings. The molecule has 1 heterocycles. The van der Waals surface area contributed by atoms with Gasteiger partial charge < -0.3 is 5.11 Å². The van der Waals surface area contributed by atoms with E-state index in [1.54, 1.807) is 0 Å². The van der Waals surface area contributed by atoms with Crippen LogP contribution in [-0.2, 0) is 0 Å². The summed E-state index contributed by atoms with van der Waals surface area (Å²) in [6, 6.07) is 8.28. The molecule has 0 saturated heterocycles. The van der Waals surface area contributed by atoms with Crippen LogP contribution in [0.15, 0.2) is 42.6 Å². The van der Waals surface area contributed by atoms with Crippen LogP contribution in [0, 0.1) is 0 Å². The second kappa shape index (κ2) is 4.98. The first kappa shape index (κ1) is 12.3. The van der Waals surface area contributed by atoms with Gasteiger partial charge in [-0.2, -0.15) is 0 Å². The molecule has 0 radical (unpaired) electrons. The summed E-state index contributed by atoms with van der Waals surface area (Å²) in [5.74, 6) is -1.40. The smallest absolute Gasteiger partial charge is 0.251 e. The van der Waals surface area contributed by atoms with Gasteiger partial charge in [-0.3, -0.25) is 14.6 Å². The third-order valence-electron chi connectivity index (χ3n) is 2.29. The Balaban J connectivity index is 2.29. The van der Waals surface area contributed by atoms with E-state index in [0.29, 0.717) is 5.02 Å². The van der Waals surface area contributed by atoms with Crippen molar-refractivity contribution < 1.29 is 14.7 Å². The predicted octanol–water partition coefficient (Wildman–Crippen LogP) is 2.51. The van der Waals surface area contributed by atoms with Crippen LogP contribution in [0.2, 0.25) is 5.02 Å². The largest absolute Gasteiger partial charge is 0.508 e. The van der Waals surface area contributed by atoms with Crippen molar-refractivity contribution in [1.82, 2.24) is 4.98 Å². The molecular weight excluding hydrogens is 254 g/mol. The fourth-order valence-electron chi connectivity index (χ4n) is 1.39. The van der Waals surface area contributed by atoms with Crippen LogP contribution in [-0.4, -0.2) is 21.7 Å². The van der Waals surface area contributed by atoms with Gasteiger partial charge in [-0.15, -0.1) is 0 Å². The maximum absolute atomic E-state index is 11.9. The number of ketones is 2. The number of benzene rings is 1. The molecule has 0 spiro atoms. The number of carbonyl (C=O) groups excluding carboxylic acids is 2. The van der Waals surface area contributed by atoms with Crippen molar-refractivity contribution in [3.63, 3.8) is 0 Å². The number of halogens is 1. The van der Waals surface area contributed by atoms with Crippen molar-refractivity contribution in [1.29, 1.82) is 0 Å². The van der Waals surface area contributed by atoms with Crippen LogP contribution in [0.1, 0.15) is 20.8 Å². The number of phenols is 1. The first-order valence-corrected chi connectivity index (χ1v) is 5.45. The molecule has 0 amide bonds. The van der Waals surface area contributed by atoms with Crippen molar-refractivity contribution >= 4 is 23.2 Å². The van der Waals surface area contributed by atoms with E-state index < -0.39 is 11.6 Å². The third kappa shape index (κ3) is 2.55. The van der Waals surface area contributed by atoms with E-state index in [1.165, 1.54) is 42.6 Å². The predicted molar refractivity (Wildman–Crippen MR) is 66.0 cm³/mol. The lowest BCUT2D eigenvalue weighted by atomic mass is 10.1. The number of aromatic hydroxyl groups is 1. The van der Waals surface area contributed by atoms with Gasteiger partial charge in [-0.1, -0.05) is 11.6 Å². The molecule has 90 valence electrons. The summed E-state index contributed by atoms with van der Waals surface area (Å²) in [5, 5.41) is 9.44. The van der Waals surface area contributed by atoms with Crippen LogP contribution in [0.4, 0.5) is 0 Å². The van der Waals surface area contributed by atoms with Crippen molar-refractivity contribution in [2.75, 3.05) is 0 Å². The van der Waals surface area contributed by atoms with Crippen LogP contribution in [0.5, 0.6) is 5.75 Å². The van der Waals surface area contributed by atoms with E-state index in [9.17, 15) is 9.59 Å². The highest BCUT2D eigenvalue weighted by atomic mass is 35.5. The van der Waals surface area contributed by atoms with E-state index in [0.717, 1.165) is 0 Å². The summed E-state index contributed by atoms with van der Waals surface area (Å²) in [7, 11) is 0. The summed E-state index contributed by atoms with van der Waals surface area (Å²) in [6.07, 6.45) is 1.36. The zero-order valence-corrected chi connectivity index (χ0v) is 9.89. The number of rotatable bonds is 3. The lowest BCUT2D eigenvalue weighted by Gasteiger charge is -2.00. The number of pyridine rings is 1. The topological polar surface area (TPSA) is 67.3 Å². The molecule has 5 heteroatoms. The molecule has 1 N–H and O–H groups in total. The monoisotopic (exact) mass is 261 g/mol. The Kier molecular flexibility index (Phi) is 3.39. The summed E-state index contributed by atoms with van der Waals surface area (Å²) >= 11 is 5.72. The van der Waals surface area contributed by atoms with Crippen LogP contribution >= 0.6 is 11.6 Å². The number of nitrogens with zero attached hydrogens (tertiary/aromatic N) is 1. The van der Waals surface area contributed by atoms with Crippen LogP contribution in [0.3, 0.4) is 0 Å². The van der Waals surface area contributed by atoms with Gasteiger partial charge in [0, 0.05) is 16.8 Å². The Morgan fingerprint density at radius 2 is 1.72 bits per heavy atom. The summed E-state index contributed by atoms with van der Waals surface area (Å²) in [6.45, 7) is 0. The van der Waals surface area contributed by atoms with Crippen molar-refractivity contribution in [3.05, 3.63) is 58.9 Å². The summed E-state index contributed by atoms with van der Waals surface area (Å²) < 4.78 is 0. The maximum atomic E-state index is 11.9. The van der Waals surface area contributed by atoms with Gasteiger partial charge in [-0.25, -0.2) is 0 Å². The molecule has 1 aromatic heterocycles. The van der Waals surface area contributed by atoms with Crippen LogP contribution < -0.4 is 0 Å². The lowest BCUT2D eigenvalue weighted by molar-refractivity contribution is 0.0814. The number of Topliss-reactive ketones (excluding diaryl/α,β-unsaturated/α-hetero) is 2. The van der Waals surface area contributed by atoms with E-state index >= 15 is 0 Å². The average Bonchev–Trinajstić information content (AvgIpc) is 2.38. The fraction of sp³-hybridized carbons (Fsp3) is 0. The van der Waals surface area contributed by atoms with E-state index in [4.69, 9.17) is 16.7 Å². The van der Waals surface area contributed by atoms with Crippen molar-refractivity contribution in [2.45, 2.75) is 0 Å². The second-order valence-corrected chi connectivity index (χ2v) is 4.00. The van der Waals surface area contributed by atoms with Gasteiger partial charge in [0.25, 0.3) is 5.78 Å². The van der Waals surface area contributed by atoms with Gasteiger partial charge in [0.15, 0.2) is 0 Å². The molecule has 18 heavy (non-hydrogen) atoms. The molecular formula is C13H8ClNO3. The molecule has 0 atom stereocenters. The van der Waals surface area contributed by atoms with E-state index in [1.807, 2.05) is 0 Å². The summed E-state index contributed by atoms with van der Waals surface area (Å²) in [4.78, 5) is 27.5. The molecule has 0 aliphatic heterocycles. The molecule has 0 saturated carbocycles. The third-order valence-corrected chi connectivity index (χ3v) is 2.53. The van der Waals surface area contributed by atoms with Gasteiger partial charge in [-0.05, 0) is 36.4 Å². The SMILES string of the molecule is O=C(C(=O)c1cc(Cl)ccn1)c1ccc(O)cc1. The number of hydrogen-bond acceptors (Lipinski definition) is 4. The Bertz CT molecular complexity index is 608. The highest BCUT2D eigenvalue weighted by Crippen LogP contribution is 2.14. The Hall–Kier alpha value is -2.20. The van der Waals surface area contributed by atoms with Crippen molar-refractivity contribution in [2.24, 2.45) is 0 Å². The van der Waals surface area contributed by atoms with Gasteiger partial charge in [0.2, 0.25) is 5.78 Å². The highest BCUT2D eigenvalue weighted by Gasteiger charge is 2.19. The quantitative estimate of drug-likeness (QED) is 0.681. The Morgan fingerprint density at radius 1 is 1.06 bits per heavy atom. The van der Waals surface area contributed by atoms with Gasteiger partial charge >= 0.3 is 0 Å². The molecule has 2 rings (SSSR count). The number of phenolic OH excluding ortho intramolecular Hbond substituents is 1. The molecule has 0 aliphatic carbocycles. The first-order valence-electron chi connectivity index (χ1n) is 5.07. The molecule has 4 nitrogen and oxygen atoms in total. The number of carbonyl (C=O) groups is 2. The van der Waals surface area contributed by atoms with Crippen molar-refractivity contribution in [3.8, 4) is 5.75 Å². The second-order valence-electron chi connectivity index (χ2n) is 3.56. The minimum Gasteiger partial charge on any atom is -0.508 e. The molecule has 0 bridgehead atoms. The normalized spacial score (nSPS) is 10.1. The standard InChI is InChI=1S/C13H8ClNO3/c14-9-5-6-15-11(7-9)13(18)12(17)8-1-3-10(16)4-2-8/h1-7,16H. The minimum absolute atomic E-state index is 0.000532. The van der Waals surface area contributed by atoms with Crippen LogP contribution in [0.25, 0.3) is 0 Å². The zero-order valence-electron chi connectivity index (χ0n) is 9.13. The summed E-state index contributed by atoms with van der Waals surface area (Å²) in [5.41, 5.74) is 0.195. The minimum atomic E-state index is -0.733. The molecule has 2 aromatic rings. The number of hydrogen-bond donors (Lipinski definition) is 1. The first-order chi connectivity index (χ1) is 8.58. The van der Waals surface area contributed by atoms with E-state index in [-0.39, 0.29) is 17.0 Å². The highest BCUT2D eigenvalue weighted by molar-refractivity contribution is 6.49. The fourth-order valence-corrected chi connectivity index (χ4v) is 1.55. The van der Waals surface area contributed by atoms with Gasteiger partial charge in [0.1, 0.15) is 11.4 Å². The lowest BCUT2D eigenvalue weighted by Crippen LogP contribution is -2.15. The molecule has 1 aromatic carbocycles. The zero-order chi connectivity index (χ0) is 13.1. The maximum Gasteiger partial charge on any atom is 0.251 e. The number of aromatic nitrogens is 1. The average molecular weight is 262 g/mol. The Labute approximate surface area is 108 Å². The van der Waals surface area contributed by atoms with E-state index in [2.05, 4.69) is 4.98 Å². The Morgan fingerprint density at radius 3 is 2.33 bits per heavy atom.